The van der Waals surface area contributed by atoms with Crippen LogP contribution >= 0.6 is 0 Å². The number of nitrogens with zero attached hydrogens (tertiary/aromatic N) is 4. The maximum atomic E-state index is 15.4. The van der Waals surface area contributed by atoms with Gasteiger partial charge in [-0.2, -0.15) is 4.98 Å². The molecule has 1 saturated heterocycles. The van der Waals surface area contributed by atoms with Crippen LogP contribution in [-0.2, 0) is 12.2 Å². The van der Waals surface area contributed by atoms with Crippen LogP contribution in [0.15, 0.2) is 9.05 Å². The molecule has 124 valence electrons. The molecular formula is C16H21FN4O2. The zero-order valence-corrected chi connectivity index (χ0v) is 13.5. The van der Waals surface area contributed by atoms with Gasteiger partial charge in [-0.05, 0) is 46.1 Å². The van der Waals surface area contributed by atoms with E-state index in [-0.39, 0.29) is 12.4 Å². The summed E-state index contributed by atoms with van der Waals surface area (Å²) in [6, 6.07) is 0. The molecule has 0 spiro atoms. The molecule has 1 unspecified atom stereocenters. The maximum Gasteiger partial charge on any atom is 0.265 e. The minimum Gasteiger partial charge on any atom is -0.361 e. The van der Waals surface area contributed by atoms with E-state index in [1.165, 1.54) is 0 Å². The second-order valence-electron chi connectivity index (χ2n) is 6.81. The molecule has 0 aromatic carbocycles. The average molecular weight is 320 g/mol. The Morgan fingerprint density at radius 3 is 2.78 bits per heavy atom. The Bertz CT molecular complexity index is 689. The molecule has 0 N–H and O–H groups in total. The zero-order valence-electron chi connectivity index (χ0n) is 13.5. The summed E-state index contributed by atoms with van der Waals surface area (Å²) in [5.41, 5.74) is 0.349. The van der Waals surface area contributed by atoms with Crippen LogP contribution in [-0.4, -0.2) is 33.3 Å². The number of aromatic nitrogens is 3. The molecule has 1 aliphatic carbocycles. The van der Waals surface area contributed by atoms with Gasteiger partial charge in [-0.15, -0.1) is 0 Å². The number of hydrogen-bond donors (Lipinski definition) is 0. The Kier molecular flexibility index (Phi) is 3.48. The molecule has 1 atom stereocenters. The molecule has 7 heteroatoms. The number of aryl methyl sites for hydroxylation is 2. The van der Waals surface area contributed by atoms with E-state index in [1.807, 2.05) is 13.8 Å². The number of hydrogen-bond acceptors (Lipinski definition) is 6. The molecule has 6 nitrogen and oxygen atoms in total. The molecule has 4 rings (SSSR count). The summed E-state index contributed by atoms with van der Waals surface area (Å²) in [4.78, 5) is 6.40. The fourth-order valence-corrected chi connectivity index (χ4v) is 3.28. The number of piperidine rings is 1. The Morgan fingerprint density at radius 2 is 2.09 bits per heavy atom. The van der Waals surface area contributed by atoms with Gasteiger partial charge in [0.2, 0.25) is 5.67 Å². The molecule has 2 aromatic heterocycles. The topological polar surface area (TPSA) is 68.2 Å². The van der Waals surface area contributed by atoms with Crippen LogP contribution in [0.2, 0.25) is 0 Å². The molecule has 1 aliphatic heterocycles. The van der Waals surface area contributed by atoms with E-state index in [2.05, 4.69) is 20.2 Å². The molecule has 0 radical (unpaired) electrons. The van der Waals surface area contributed by atoms with Gasteiger partial charge in [0.05, 0.1) is 5.69 Å². The third-order valence-corrected chi connectivity index (χ3v) is 4.85. The van der Waals surface area contributed by atoms with Crippen molar-refractivity contribution < 1.29 is 13.4 Å². The number of likely N-dealkylation sites (tertiary alicyclic amines) is 1. The fourth-order valence-electron chi connectivity index (χ4n) is 3.28. The van der Waals surface area contributed by atoms with Crippen molar-refractivity contribution in [1.29, 1.82) is 0 Å². The van der Waals surface area contributed by atoms with E-state index in [9.17, 15) is 0 Å². The maximum absolute atomic E-state index is 15.4. The van der Waals surface area contributed by atoms with Gasteiger partial charge in [0, 0.05) is 24.6 Å². The quantitative estimate of drug-likeness (QED) is 0.862. The van der Waals surface area contributed by atoms with Crippen LogP contribution in [0.3, 0.4) is 0 Å². The SMILES string of the molecule is Cc1noc(C)c1CN1CCCC(F)(c2nc(C3CC3)no2)C1. The van der Waals surface area contributed by atoms with Crippen molar-refractivity contribution in [2.45, 2.75) is 57.7 Å². The summed E-state index contributed by atoms with van der Waals surface area (Å²) < 4.78 is 25.8. The van der Waals surface area contributed by atoms with Gasteiger partial charge in [0.25, 0.3) is 5.89 Å². The third-order valence-electron chi connectivity index (χ3n) is 4.85. The largest absolute Gasteiger partial charge is 0.361 e. The van der Waals surface area contributed by atoms with Crippen LogP contribution in [0.1, 0.15) is 60.3 Å². The van der Waals surface area contributed by atoms with E-state index in [0.29, 0.717) is 24.7 Å². The van der Waals surface area contributed by atoms with E-state index in [0.717, 1.165) is 42.8 Å². The summed E-state index contributed by atoms with van der Waals surface area (Å²) in [5, 5.41) is 7.93. The first-order chi connectivity index (χ1) is 11.0. The van der Waals surface area contributed by atoms with Crippen molar-refractivity contribution in [2.75, 3.05) is 13.1 Å². The van der Waals surface area contributed by atoms with Crippen LogP contribution in [0.4, 0.5) is 4.39 Å². The lowest BCUT2D eigenvalue weighted by atomic mass is 9.94. The summed E-state index contributed by atoms with van der Waals surface area (Å²) in [6.45, 7) is 5.56. The molecule has 0 bridgehead atoms. The Balaban J connectivity index is 1.51. The third kappa shape index (κ3) is 2.78. The smallest absolute Gasteiger partial charge is 0.265 e. The Labute approximate surface area is 134 Å². The minimum absolute atomic E-state index is 0.142. The lowest BCUT2D eigenvalue weighted by Crippen LogP contribution is -2.43. The van der Waals surface area contributed by atoms with Crippen molar-refractivity contribution in [1.82, 2.24) is 20.2 Å². The summed E-state index contributed by atoms with van der Waals surface area (Å²) in [7, 11) is 0. The lowest BCUT2D eigenvalue weighted by molar-refractivity contribution is 0.0122. The molecule has 3 heterocycles. The first-order valence-corrected chi connectivity index (χ1v) is 8.22. The summed E-state index contributed by atoms with van der Waals surface area (Å²) >= 11 is 0. The molecular weight excluding hydrogens is 299 g/mol. The molecule has 23 heavy (non-hydrogen) atoms. The molecule has 2 aliphatic rings. The average Bonchev–Trinajstić information content (AvgIpc) is 3.17. The highest BCUT2D eigenvalue weighted by Gasteiger charge is 2.43. The number of rotatable bonds is 4. The van der Waals surface area contributed by atoms with Crippen molar-refractivity contribution in [3.05, 3.63) is 28.7 Å². The van der Waals surface area contributed by atoms with Crippen molar-refractivity contribution in [2.24, 2.45) is 0 Å². The highest BCUT2D eigenvalue weighted by atomic mass is 19.1. The van der Waals surface area contributed by atoms with Crippen LogP contribution in [0, 0.1) is 13.8 Å². The second kappa shape index (κ2) is 5.40. The van der Waals surface area contributed by atoms with Crippen molar-refractivity contribution >= 4 is 0 Å². The molecule has 1 saturated carbocycles. The summed E-state index contributed by atoms with van der Waals surface area (Å²) in [5.74, 6) is 1.98. The van der Waals surface area contributed by atoms with Crippen LogP contribution in [0.5, 0.6) is 0 Å². The van der Waals surface area contributed by atoms with E-state index in [4.69, 9.17) is 9.05 Å². The lowest BCUT2D eigenvalue weighted by Gasteiger charge is -2.35. The highest BCUT2D eigenvalue weighted by Crippen LogP contribution is 2.41. The predicted octanol–water partition coefficient (Wildman–Crippen LogP) is 3.01. The summed E-state index contributed by atoms with van der Waals surface area (Å²) in [6.07, 6.45) is 3.35. The first-order valence-electron chi connectivity index (χ1n) is 8.22. The normalized spacial score (nSPS) is 25.9. The number of alkyl halides is 1. The predicted molar refractivity (Wildman–Crippen MR) is 79.5 cm³/mol. The van der Waals surface area contributed by atoms with Crippen LogP contribution < -0.4 is 0 Å². The number of halogens is 1. The van der Waals surface area contributed by atoms with E-state index < -0.39 is 5.67 Å². The first kappa shape index (κ1) is 14.8. The van der Waals surface area contributed by atoms with Gasteiger partial charge >= 0.3 is 0 Å². The van der Waals surface area contributed by atoms with Crippen molar-refractivity contribution in [3.63, 3.8) is 0 Å². The zero-order chi connectivity index (χ0) is 16.0. The minimum atomic E-state index is -1.56. The van der Waals surface area contributed by atoms with E-state index >= 15 is 4.39 Å². The van der Waals surface area contributed by atoms with Gasteiger partial charge in [0.1, 0.15) is 5.76 Å². The van der Waals surface area contributed by atoms with Gasteiger partial charge < -0.3 is 9.05 Å². The van der Waals surface area contributed by atoms with Crippen molar-refractivity contribution in [3.8, 4) is 0 Å². The van der Waals surface area contributed by atoms with E-state index in [1.54, 1.807) is 0 Å². The monoisotopic (exact) mass is 320 g/mol. The highest BCUT2D eigenvalue weighted by molar-refractivity contribution is 5.21. The second-order valence-corrected chi connectivity index (χ2v) is 6.81. The fraction of sp³-hybridized carbons (Fsp3) is 0.688. The Hall–Kier alpha value is -1.76. The Morgan fingerprint density at radius 1 is 1.26 bits per heavy atom. The van der Waals surface area contributed by atoms with Gasteiger partial charge in [-0.3, -0.25) is 4.90 Å². The van der Waals surface area contributed by atoms with Gasteiger partial charge in [-0.25, -0.2) is 4.39 Å². The molecule has 2 aromatic rings. The molecule has 0 amide bonds. The van der Waals surface area contributed by atoms with Crippen LogP contribution in [0.25, 0.3) is 0 Å². The van der Waals surface area contributed by atoms with Gasteiger partial charge in [0.15, 0.2) is 5.82 Å². The standard InChI is InChI=1S/C16H21FN4O2/c1-10-13(11(2)22-19-10)8-21-7-3-6-16(17,9-21)15-18-14(20-23-15)12-4-5-12/h12H,3-9H2,1-2H3. The molecule has 2 fully saturated rings. The van der Waals surface area contributed by atoms with Gasteiger partial charge in [-0.1, -0.05) is 10.3 Å².